The number of fused-ring (bicyclic) bond motifs is 3. The van der Waals surface area contributed by atoms with E-state index in [0.29, 0.717) is 0 Å². The van der Waals surface area contributed by atoms with Crippen molar-refractivity contribution < 1.29 is 0 Å². The van der Waals surface area contributed by atoms with Crippen molar-refractivity contribution in [2.24, 2.45) is 0 Å². The number of nitrogens with one attached hydrogen (secondary N) is 6. The van der Waals surface area contributed by atoms with Gasteiger partial charge in [-0.05, 0) is 105 Å². The van der Waals surface area contributed by atoms with Crippen LogP contribution in [0.2, 0.25) is 0 Å². The second kappa shape index (κ2) is 27.2. The fourth-order valence-corrected chi connectivity index (χ4v) is 14.7. The van der Waals surface area contributed by atoms with Gasteiger partial charge in [-0.15, -0.1) is 0 Å². The summed E-state index contributed by atoms with van der Waals surface area (Å²) in [5.74, 6) is 0. The third-order valence-corrected chi connectivity index (χ3v) is 19.2. The monoisotopic (exact) mass is 1100 g/mol. The van der Waals surface area contributed by atoms with Crippen molar-refractivity contribution in [3.63, 3.8) is 0 Å². The highest BCUT2D eigenvalue weighted by Gasteiger charge is 2.35. The van der Waals surface area contributed by atoms with Gasteiger partial charge in [-0.3, -0.25) is 0 Å². The highest BCUT2D eigenvalue weighted by molar-refractivity contribution is 5.42. The predicted molar refractivity (Wildman–Crippen MR) is 346 cm³/mol. The molecule has 0 spiro atoms. The molecule has 9 aromatic rings. The van der Waals surface area contributed by atoms with Crippen LogP contribution in [0.4, 0.5) is 0 Å². The van der Waals surface area contributed by atoms with Crippen LogP contribution < -0.4 is 31.9 Å². The van der Waals surface area contributed by atoms with Crippen molar-refractivity contribution in [2.45, 2.75) is 150 Å². The second-order valence-electron chi connectivity index (χ2n) is 24.6. The molecule has 0 saturated heterocycles. The molecule has 3 aliphatic carbocycles. The Morgan fingerprint density at radius 1 is 0.155 bits per heavy atom. The first-order valence-corrected chi connectivity index (χ1v) is 31.8. The molecule has 4 heterocycles. The summed E-state index contributed by atoms with van der Waals surface area (Å²) in [6, 6.07) is 97.5. The molecule has 7 aliphatic rings. The zero-order valence-corrected chi connectivity index (χ0v) is 48.7. The van der Waals surface area contributed by atoms with Gasteiger partial charge in [0.25, 0.3) is 0 Å². The second-order valence-corrected chi connectivity index (χ2v) is 24.6. The van der Waals surface area contributed by atoms with E-state index in [1.807, 2.05) is 0 Å². The van der Waals surface area contributed by atoms with Gasteiger partial charge in [0.15, 0.2) is 0 Å². The van der Waals surface area contributed by atoms with E-state index in [4.69, 9.17) is 0 Å². The van der Waals surface area contributed by atoms with Crippen LogP contribution in [0, 0.1) is 0 Å². The van der Waals surface area contributed by atoms with Crippen molar-refractivity contribution in [3.8, 4) is 0 Å². The minimum absolute atomic E-state index is 0.0205. The topological polar surface area (TPSA) is 72.2 Å². The fraction of sp³-hybridized carbons (Fsp3) is 0.308. The lowest BCUT2D eigenvalue weighted by Gasteiger charge is -2.39. The molecule has 6 heteroatoms. The average molecular weight is 1110 g/mol. The summed E-state index contributed by atoms with van der Waals surface area (Å²) in [6.07, 6.45) is 13.9. The zero-order valence-electron chi connectivity index (χ0n) is 48.7. The summed E-state index contributed by atoms with van der Waals surface area (Å²) in [6.45, 7) is 0. The largest absolute Gasteiger partial charge is 0.302 e. The zero-order chi connectivity index (χ0) is 56.3. The first-order valence-electron chi connectivity index (χ1n) is 31.8. The van der Waals surface area contributed by atoms with Crippen LogP contribution in [0.1, 0.15) is 180 Å². The maximum absolute atomic E-state index is 4.35. The average Bonchev–Trinajstić information content (AvgIpc) is 3.74. The predicted octanol–water partition coefficient (Wildman–Crippen LogP) is 16.1. The highest BCUT2D eigenvalue weighted by atomic mass is 15.1. The van der Waals surface area contributed by atoms with E-state index in [0.717, 1.165) is 38.5 Å². The van der Waals surface area contributed by atoms with E-state index in [-0.39, 0.29) is 72.5 Å². The Balaban J connectivity index is 0.912. The van der Waals surface area contributed by atoms with Gasteiger partial charge in [0, 0.05) is 36.3 Å². The molecule has 84 heavy (non-hydrogen) atoms. The van der Waals surface area contributed by atoms with E-state index in [1.165, 1.54) is 105 Å². The van der Waals surface area contributed by atoms with E-state index in [2.05, 4.69) is 287 Å². The van der Waals surface area contributed by atoms with Crippen LogP contribution in [0.5, 0.6) is 0 Å². The van der Waals surface area contributed by atoms with Gasteiger partial charge in [-0.1, -0.05) is 293 Å². The van der Waals surface area contributed by atoms with Crippen molar-refractivity contribution in [3.05, 3.63) is 322 Å². The Morgan fingerprint density at radius 2 is 0.274 bits per heavy atom. The molecule has 12 unspecified atom stereocenters. The van der Waals surface area contributed by atoms with Crippen LogP contribution >= 0.6 is 0 Å². The number of rotatable bonds is 6. The molecule has 16 rings (SSSR count). The summed E-state index contributed by atoms with van der Waals surface area (Å²) in [5.41, 5.74) is 15.5. The molecule has 4 aliphatic heterocycles. The lowest BCUT2D eigenvalue weighted by atomic mass is 9.85. The Morgan fingerprint density at radius 3 is 0.405 bits per heavy atom. The van der Waals surface area contributed by atoms with Crippen molar-refractivity contribution >= 4 is 0 Å². The number of hydrogen-bond donors (Lipinski definition) is 6. The summed E-state index contributed by atoms with van der Waals surface area (Å²) in [5, 5.41) is 26.1. The third-order valence-electron chi connectivity index (χ3n) is 19.2. The Bertz CT molecular complexity index is 2800. The normalized spacial score (nSPS) is 27.1. The molecule has 0 amide bonds. The third kappa shape index (κ3) is 13.2. The summed E-state index contributed by atoms with van der Waals surface area (Å²) in [4.78, 5) is 0. The van der Waals surface area contributed by atoms with Gasteiger partial charge >= 0.3 is 0 Å². The van der Waals surface area contributed by atoms with Gasteiger partial charge < -0.3 is 31.9 Å². The number of benzene rings is 9. The maximum atomic E-state index is 4.35. The molecule has 6 nitrogen and oxygen atoms in total. The standard InChI is InChI=1S/C78H84N6/c1-7-25-55(26-8-1)73-61-43-45-62(46-44-61)74(56-27-9-2-10-28-56)81-69-39-21-22-40-70(69)82-77(59-33-15-5-16-34-59)65-51-53-66(54-52-65)78(60-35-17-6-18-36-60)84-72-42-24-23-41-71(72)83-76(58-31-13-4-14-32-58)64-49-47-63(48-50-64)75(57-29-11-3-12-30-57)80-68-38-20-19-37-67(68)79-73/h1-18,25-36,43-54,67-84H,19-24,37-42H2. The smallest absolute Gasteiger partial charge is 0.0579 e. The quantitative estimate of drug-likeness (QED) is 0.0997. The highest BCUT2D eigenvalue weighted by Crippen LogP contribution is 2.37. The van der Waals surface area contributed by atoms with Gasteiger partial charge in [-0.2, -0.15) is 0 Å². The van der Waals surface area contributed by atoms with Gasteiger partial charge in [-0.25, -0.2) is 0 Å². The SMILES string of the molecule is c1ccc(C2NC3CCCCC3NC(c3ccccc3)c3ccc(cc3)C(c3ccccc3)NC3CCCCC3NC(c3ccccc3)c3ccc(cc3)C(c3ccccc3)NC3CCCCC3NC(c3ccccc3)c3ccc2cc3)cc1. The first kappa shape index (κ1) is 55.9. The van der Waals surface area contributed by atoms with Crippen molar-refractivity contribution in [1.82, 2.24) is 31.9 Å². The van der Waals surface area contributed by atoms with Crippen LogP contribution in [-0.4, -0.2) is 36.3 Å². The van der Waals surface area contributed by atoms with Crippen LogP contribution in [0.15, 0.2) is 255 Å². The minimum atomic E-state index is 0.0205. The number of hydrogen-bond acceptors (Lipinski definition) is 6. The maximum Gasteiger partial charge on any atom is 0.0579 e. The molecule has 3 saturated carbocycles. The molecule has 426 valence electrons. The molecule has 0 aromatic heterocycles. The lowest BCUT2D eigenvalue weighted by molar-refractivity contribution is 0.260. The molecular weight excluding hydrogens is 1020 g/mol. The van der Waals surface area contributed by atoms with Gasteiger partial charge in [0.1, 0.15) is 0 Å². The molecule has 9 aromatic carbocycles. The van der Waals surface area contributed by atoms with E-state index in [9.17, 15) is 0 Å². The summed E-state index contributed by atoms with van der Waals surface area (Å²) in [7, 11) is 0. The van der Waals surface area contributed by atoms with E-state index >= 15 is 0 Å². The molecular formula is C78H84N6. The van der Waals surface area contributed by atoms with Gasteiger partial charge in [0.2, 0.25) is 0 Å². The molecule has 3 fully saturated rings. The van der Waals surface area contributed by atoms with Crippen LogP contribution in [-0.2, 0) is 0 Å². The molecule has 6 bridgehead atoms. The van der Waals surface area contributed by atoms with Crippen molar-refractivity contribution in [2.75, 3.05) is 0 Å². The Labute approximate surface area is 500 Å². The lowest BCUT2D eigenvalue weighted by Crippen LogP contribution is -2.52. The van der Waals surface area contributed by atoms with Crippen LogP contribution in [0.3, 0.4) is 0 Å². The summed E-state index contributed by atoms with van der Waals surface area (Å²) >= 11 is 0. The van der Waals surface area contributed by atoms with E-state index in [1.54, 1.807) is 0 Å². The van der Waals surface area contributed by atoms with Gasteiger partial charge in [0.05, 0.1) is 36.3 Å². The fourth-order valence-electron chi connectivity index (χ4n) is 14.7. The molecule has 12 atom stereocenters. The van der Waals surface area contributed by atoms with Crippen molar-refractivity contribution in [1.29, 1.82) is 0 Å². The Kier molecular flexibility index (Phi) is 18.1. The summed E-state index contributed by atoms with van der Waals surface area (Å²) < 4.78 is 0. The first-order chi connectivity index (χ1) is 41.6. The Hall–Kier alpha value is -7.26. The van der Waals surface area contributed by atoms with Crippen LogP contribution in [0.25, 0.3) is 0 Å². The van der Waals surface area contributed by atoms with E-state index < -0.39 is 0 Å². The molecule has 6 N–H and O–H groups in total. The minimum Gasteiger partial charge on any atom is -0.302 e. The molecule has 0 radical (unpaired) electrons.